The zero-order valence-corrected chi connectivity index (χ0v) is 13.6. The van der Waals surface area contributed by atoms with Gasteiger partial charge < -0.3 is 16.2 Å². The molecule has 0 heterocycles. The molecule has 0 aromatic rings. The number of aliphatic imine (C=N–C) groups is 1. The van der Waals surface area contributed by atoms with E-state index in [0.29, 0.717) is 24.1 Å². The molecule has 4 N–H and O–H groups in total. The quantitative estimate of drug-likeness (QED) is 0.509. The predicted octanol–water partition coefficient (Wildman–Crippen LogP) is 3.09. The summed E-state index contributed by atoms with van der Waals surface area (Å²) in [6, 6.07) is 0. The number of hydrogen-bond acceptors (Lipinski definition) is 4. The van der Waals surface area contributed by atoms with Crippen molar-refractivity contribution in [2.75, 3.05) is 13.3 Å². The van der Waals surface area contributed by atoms with Gasteiger partial charge in [0.15, 0.2) is 0 Å². The molecule has 0 aliphatic carbocycles. The van der Waals surface area contributed by atoms with Gasteiger partial charge in [0.25, 0.3) is 0 Å². The Kier molecular flexibility index (Phi) is 10.6. The number of nitrogens with one attached hydrogen (secondary N) is 1. The molecule has 0 bridgehead atoms. The fourth-order valence-corrected chi connectivity index (χ4v) is 3.31. The first-order valence-corrected chi connectivity index (χ1v) is 7.95. The van der Waals surface area contributed by atoms with E-state index in [2.05, 4.69) is 32.7 Å². The highest BCUT2D eigenvalue weighted by Gasteiger charge is 2.32. The van der Waals surface area contributed by atoms with Crippen molar-refractivity contribution >= 4 is 11.9 Å². The van der Waals surface area contributed by atoms with Crippen LogP contribution in [0.15, 0.2) is 4.99 Å². The topological polar surface area (TPSA) is 82.5 Å². The highest BCUT2D eigenvalue weighted by molar-refractivity contribution is 5.86. The third-order valence-corrected chi connectivity index (χ3v) is 4.34. The molecule has 4 nitrogen and oxygen atoms in total. The second-order valence-electron chi connectivity index (χ2n) is 5.62. The average Bonchev–Trinajstić information content (AvgIpc) is 2.47. The Hall–Kier alpha value is -0.740. The van der Waals surface area contributed by atoms with Gasteiger partial charge in [-0.15, -0.1) is 0 Å². The van der Waals surface area contributed by atoms with Crippen molar-refractivity contribution in [2.45, 2.75) is 53.4 Å². The summed E-state index contributed by atoms with van der Waals surface area (Å²) < 4.78 is 0. The van der Waals surface area contributed by atoms with Gasteiger partial charge in [0.1, 0.15) is 6.73 Å². The highest BCUT2D eigenvalue weighted by atomic mass is 16.3. The smallest absolute Gasteiger partial charge is 0.133 e. The predicted molar refractivity (Wildman–Crippen MR) is 87.5 cm³/mol. The lowest BCUT2D eigenvalue weighted by Gasteiger charge is -2.35. The third kappa shape index (κ3) is 5.71. The number of hydrogen-bond donors (Lipinski definition) is 3. The van der Waals surface area contributed by atoms with Gasteiger partial charge in [0.2, 0.25) is 0 Å². The van der Waals surface area contributed by atoms with Crippen molar-refractivity contribution in [3.8, 4) is 0 Å². The van der Waals surface area contributed by atoms with E-state index in [4.69, 9.17) is 16.2 Å². The molecule has 0 aromatic carbocycles. The minimum Gasteiger partial charge on any atom is -0.375 e. The molecule has 0 radical (unpaired) electrons. The molecular formula is C16H33N3O. The Morgan fingerprint density at radius 2 is 1.95 bits per heavy atom. The van der Waals surface area contributed by atoms with E-state index in [9.17, 15) is 0 Å². The van der Waals surface area contributed by atoms with E-state index in [1.54, 1.807) is 0 Å². The zero-order chi connectivity index (χ0) is 15.5. The number of nitrogens with two attached hydrogens (primary N) is 1. The second-order valence-corrected chi connectivity index (χ2v) is 5.62. The average molecular weight is 283 g/mol. The Bertz CT molecular complexity index is 291. The first kappa shape index (κ1) is 19.3. The lowest BCUT2D eigenvalue weighted by Crippen LogP contribution is -2.37. The molecule has 0 amide bonds. The van der Waals surface area contributed by atoms with Gasteiger partial charge in [-0.05, 0) is 17.8 Å². The van der Waals surface area contributed by atoms with E-state index in [0.717, 1.165) is 25.7 Å². The molecule has 0 saturated heterocycles. The Labute approximate surface area is 124 Å². The van der Waals surface area contributed by atoms with Crippen LogP contribution in [0.5, 0.6) is 0 Å². The molecule has 0 fully saturated rings. The molecule has 0 saturated carbocycles. The lowest BCUT2D eigenvalue weighted by atomic mass is 9.70. The number of aliphatic hydroxyl groups is 1. The van der Waals surface area contributed by atoms with Crippen LogP contribution in [0.2, 0.25) is 0 Å². The number of aliphatic hydroxyl groups excluding tert-OH is 1. The lowest BCUT2D eigenvalue weighted by molar-refractivity contribution is 0.237. The van der Waals surface area contributed by atoms with Crippen molar-refractivity contribution in [1.82, 2.24) is 0 Å². The van der Waals surface area contributed by atoms with Gasteiger partial charge in [-0.25, -0.2) is 0 Å². The first-order valence-electron chi connectivity index (χ1n) is 7.95. The van der Waals surface area contributed by atoms with Gasteiger partial charge >= 0.3 is 0 Å². The third-order valence-electron chi connectivity index (χ3n) is 4.34. The molecule has 0 aliphatic heterocycles. The van der Waals surface area contributed by atoms with Crippen LogP contribution in [0.1, 0.15) is 53.4 Å². The molecule has 0 aliphatic rings. The fourth-order valence-electron chi connectivity index (χ4n) is 3.31. The van der Waals surface area contributed by atoms with Crippen LogP contribution in [0.3, 0.4) is 0 Å². The summed E-state index contributed by atoms with van der Waals surface area (Å²) in [5, 5.41) is 17.1. The Morgan fingerprint density at radius 1 is 1.30 bits per heavy atom. The minimum atomic E-state index is -0.161. The van der Waals surface area contributed by atoms with Crippen molar-refractivity contribution in [3.05, 3.63) is 0 Å². The van der Waals surface area contributed by atoms with Crippen LogP contribution in [0, 0.1) is 29.1 Å². The van der Waals surface area contributed by atoms with E-state index < -0.39 is 0 Å². The summed E-state index contributed by atoms with van der Waals surface area (Å²) in [5.74, 6) is 1.38. The molecule has 20 heavy (non-hydrogen) atoms. The van der Waals surface area contributed by atoms with Gasteiger partial charge in [-0.1, -0.05) is 53.4 Å². The second kappa shape index (κ2) is 11.0. The van der Waals surface area contributed by atoms with E-state index in [-0.39, 0.29) is 18.6 Å². The molecule has 4 heteroatoms. The summed E-state index contributed by atoms with van der Waals surface area (Å²) >= 11 is 0. The summed E-state index contributed by atoms with van der Waals surface area (Å²) in [6.45, 7) is 8.88. The SMILES string of the molecule is CCCC(CC)C(C(=N)CN)C(CC)C(C)C=NCO. The Balaban J connectivity index is 5.23. The summed E-state index contributed by atoms with van der Waals surface area (Å²) in [4.78, 5) is 3.97. The summed E-state index contributed by atoms with van der Waals surface area (Å²) in [7, 11) is 0. The molecule has 118 valence electrons. The number of nitrogens with zero attached hydrogens (tertiary/aromatic N) is 1. The van der Waals surface area contributed by atoms with Gasteiger partial charge in [0.05, 0.1) is 0 Å². The molecule has 0 rings (SSSR count). The maximum Gasteiger partial charge on any atom is 0.133 e. The van der Waals surface area contributed by atoms with Crippen LogP contribution in [-0.2, 0) is 0 Å². The Morgan fingerprint density at radius 3 is 2.35 bits per heavy atom. The maximum absolute atomic E-state index is 8.84. The van der Waals surface area contributed by atoms with Crippen LogP contribution in [0.25, 0.3) is 0 Å². The molecule has 0 aromatic heterocycles. The maximum atomic E-state index is 8.84. The van der Waals surface area contributed by atoms with Crippen LogP contribution < -0.4 is 5.73 Å². The van der Waals surface area contributed by atoms with Crippen molar-refractivity contribution < 1.29 is 5.11 Å². The molecular weight excluding hydrogens is 250 g/mol. The largest absolute Gasteiger partial charge is 0.375 e. The van der Waals surface area contributed by atoms with Crippen molar-refractivity contribution in [1.29, 1.82) is 5.41 Å². The monoisotopic (exact) mass is 283 g/mol. The van der Waals surface area contributed by atoms with Gasteiger partial charge in [-0.3, -0.25) is 4.99 Å². The van der Waals surface area contributed by atoms with Gasteiger partial charge in [0, 0.05) is 24.4 Å². The normalized spacial score (nSPS) is 17.9. The van der Waals surface area contributed by atoms with Crippen LogP contribution in [0.4, 0.5) is 0 Å². The van der Waals surface area contributed by atoms with Crippen molar-refractivity contribution in [3.63, 3.8) is 0 Å². The standard InChI is InChI=1S/C16H33N3O/c1-5-8-13(6-2)16(15(18)9-17)14(7-3)12(4)10-19-11-20/h10,12-14,16,18,20H,5-9,11,17H2,1-4H3. The van der Waals surface area contributed by atoms with E-state index in [1.165, 1.54) is 0 Å². The zero-order valence-electron chi connectivity index (χ0n) is 13.6. The van der Waals surface area contributed by atoms with Crippen LogP contribution in [-0.4, -0.2) is 30.3 Å². The first-order chi connectivity index (χ1) is 9.56. The van der Waals surface area contributed by atoms with E-state index >= 15 is 0 Å². The fraction of sp³-hybridized carbons (Fsp3) is 0.875. The summed E-state index contributed by atoms with van der Waals surface area (Å²) in [6.07, 6.45) is 6.21. The van der Waals surface area contributed by atoms with Crippen molar-refractivity contribution in [2.24, 2.45) is 34.4 Å². The number of rotatable bonds is 11. The van der Waals surface area contributed by atoms with E-state index in [1.807, 2.05) is 6.21 Å². The van der Waals surface area contributed by atoms with Gasteiger partial charge in [-0.2, -0.15) is 0 Å². The minimum absolute atomic E-state index is 0.161. The summed E-state index contributed by atoms with van der Waals surface area (Å²) in [5.41, 5.74) is 6.42. The highest BCUT2D eigenvalue weighted by Crippen LogP contribution is 2.34. The van der Waals surface area contributed by atoms with Crippen LogP contribution >= 0.6 is 0 Å². The molecule has 0 spiro atoms. The molecule has 4 atom stereocenters. The molecule has 4 unspecified atom stereocenters.